The molecular weight excluding hydrogens is 210 g/mol. The van der Waals surface area contributed by atoms with Crippen LogP contribution in [0.25, 0.3) is 11.3 Å². The van der Waals surface area contributed by atoms with Crippen molar-refractivity contribution in [3.63, 3.8) is 0 Å². The maximum atomic E-state index is 10.4. The fourth-order valence-corrected chi connectivity index (χ4v) is 1.48. The Morgan fingerprint density at radius 3 is 2.67 bits per heavy atom. The Morgan fingerprint density at radius 2 is 2.07 bits per heavy atom. The molecule has 0 aliphatic rings. The van der Waals surface area contributed by atoms with E-state index in [4.69, 9.17) is 11.6 Å². The molecule has 0 atom stereocenters. The minimum atomic E-state index is 0.570. The van der Waals surface area contributed by atoms with Crippen LogP contribution in [0.15, 0.2) is 42.6 Å². The third-order valence-electron chi connectivity index (χ3n) is 2.04. The second-order valence-electron chi connectivity index (χ2n) is 3.10. The van der Waals surface area contributed by atoms with Crippen LogP contribution in [0.5, 0.6) is 0 Å². The highest BCUT2D eigenvalue weighted by molar-refractivity contribution is 6.30. The van der Waals surface area contributed by atoms with Crippen LogP contribution in [0.1, 0.15) is 10.4 Å². The number of rotatable bonds is 2. The second-order valence-corrected chi connectivity index (χ2v) is 3.54. The number of hydrogen-bond donors (Lipinski definition) is 0. The molecule has 0 fully saturated rings. The van der Waals surface area contributed by atoms with Gasteiger partial charge in [-0.3, -0.25) is 9.78 Å². The fraction of sp³-hybridized carbons (Fsp3) is 0. The zero-order chi connectivity index (χ0) is 10.7. The first kappa shape index (κ1) is 9.87. The first-order valence-electron chi connectivity index (χ1n) is 4.47. The summed E-state index contributed by atoms with van der Waals surface area (Å²) in [5.74, 6) is 0. The van der Waals surface area contributed by atoms with Crippen molar-refractivity contribution in [3.8, 4) is 11.3 Å². The summed E-state index contributed by atoms with van der Waals surface area (Å²) in [5.41, 5.74) is 2.32. The zero-order valence-corrected chi connectivity index (χ0v) is 8.61. The van der Waals surface area contributed by atoms with E-state index < -0.39 is 0 Å². The number of carbonyl (C=O) groups excluding carboxylic acids is 1. The van der Waals surface area contributed by atoms with Crippen molar-refractivity contribution in [2.45, 2.75) is 0 Å². The van der Waals surface area contributed by atoms with Crippen molar-refractivity contribution >= 4 is 17.9 Å². The maximum absolute atomic E-state index is 10.4. The summed E-state index contributed by atoms with van der Waals surface area (Å²) in [6, 6.07) is 11.0. The normalized spacial score (nSPS) is 9.93. The Kier molecular flexibility index (Phi) is 2.79. The van der Waals surface area contributed by atoms with E-state index in [0.717, 1.165) is 17.5 Å². The molecule has 3 heteroatoms. The predicted octanol–water partition coefficient (Wildman–Crippen LogP) is 3.21. The molecule has 2 rings (SSSR count). The highest BCUT2D eigenvalue weighted by atomic mass is 35.5. The number of hydrogen-bond acceptors (Lipinski definition) is 2. The van der Waals surface area contributed by atoms with Gasteiger partial charge in [0.15, 0.2) is 6.29 Å². The Hall–Kier alpha value is -1.67. The lowest BCUT2D eigenvalue weighted by Crippen LogP contribution is -1.86. The Morgan fingerprint density at radius 1 is 1.20 bits per heavy atom. The first-order valence-corrected chi connectivity index (χ1v) is 4.84. The van der Waals surface area contributed by atoms with Crippen LogP contribution in [0.3, 0.4) is 0 Å². The Bertz CT molecular complexity index is 479. The lowest BCUT2D eigenvalue weighted by atomic mass is 10.1. The molecule has 2 nitrogen and oxygen atoms in total. The number of aromatic nitrogens is 1. The van der Waals surface area contributed by atoms with Crippen LogP contribution in [-0.2, 0) is 0 Å². The van der Waals surface area contributed by atoms with Gasteiger partial charge in [0.05, 0.1) is 5.69 Å². The molecule has 0 N–H and O–H groups in total. The second kappa shape index (κ2) is 4.24. The van der Waals surface area contributed by atoms with E-state index in [9.17, 15) is 4.79 Å². The van der Waals surface area contributed by atoms with Gasteiger partial charge in [-0.1, -0.05) is 23.7 Å². The van der Waals surface area contributed by atoms with Gasteiger partial charge in [-0.15, -0.1) is 0 Å². The van der Waals surface area contributed by atoms with Crippen LogP contribution in [0, 0.1) is 0 Å². The largest absolute Gasteiger partial charge is 0.298 e. The van der Waals surface area contributed by atoms with Crippen LogP contribution in [-0.4, -0.2) is 11.3 Å². The lowest BCUT2D eigenvalue weighted by molar-refractivity contribution is 0.112. The van der Waals surface area contributed by atoms with E-state index in [1.54, 1.807) is 18.3 Å². The molecule has 1 heterocycles. The van der Waals surface area contributed by atoms with E-state index in [2.05, 4.69) is 4.98 Å². The summed E-state index contributed by atoms with van der Waals surface area (Å²) in [6.07, 6.45) is 2.32. The maximum Gasteiger partial charge on any atom is 0.151 e. The van der Waals surface area contributed by atoms with Gasteiger partial charge in [-0.2, -0.15) is 0 Å². The van der Waals surface area contributed by atoms with Crippen molar-refractivity contribution < 1.29 is 4.79 Å². The lowest BCUT2D eigenvalue weighted by Gasteiger charge is -2.00. The van der Waals surface area contributed by atoms with Crippen molar-refractivity contribution in [2.75, 3.05) is 0 Å². The highest BCUT2D eigenvalue weighted by Gasteiger charge is 1.99. The number of carbonyl (C=O) groups is 1. The summed E-state index contributed by atoms with van der Waals surface area (Å²) in [4.78, 5) is 14.6. The number of benzene rings is 1. The smallest absolute Gasteiger partial charge is 0.151 e. The number of aldehydes is 1. The summed E-state index contributed by atoms with van der Waals surface area (Å²) < 4.78 is 0. The molecule has 0 aliphatic heterocycles. The van der Waals surface area contributed by atoms with Gasteiger partial charge in [0.2, 0.25) is 0 Å². The summed E-state index contributed by atoms with van der Waals surface area (Å²) in [6.45, 7) is 0. The molecule has 0 unspecified atom stereocenters. The first-order chi connectivity index (χ1) is 7.29. The molecule has 1 aromatic carbocycles. The zero-order valence-electron chi connectivity index (χ0n) is 7.85. The average molecular weight is 218 g/mol. The van der Waals surface area contributed by atoms with Gasteiger partial charge in [-0.25, -0.2) is 0 Å². The van der Waals surface area contributed by atoms with Gasteiger partial charge in [-0.05, 0) is 24.3 Å². The van der Waals surface area contributed by atoms with E-state index in [0.29, 0.717) is 10.6 Å². The van der Waals surface area contributed by atoms with Gasteiger partial charge in [0, 0.05) is 22.3 Å². The Labute approximate surface area is 92.5 Å². The SMILES string of the molecule is O=Cc1ccc(-c2cccc(Cl)c2)nc1. The molecule has 0 bridgehead atoms. The van der Waals surface area contributed by atoms with Crippen LogP contribution < -0.4 is 0 Å². The molecule has 0 aliphatic carbocycles. The average Bonchev–Trinajstić information content (AvgIpc) is 2.29. The van der Waals surface area contributed by atoms with Crippen molar-refractivity contribution in [1.29, 1.82) is 0 Å². The topological polar surface area (TPSA) is 30.0 Å². The van der Waals surface area contributed by atoms with E-state index in [-0.39, 0.29) is 0 Å². The van der Waals surface area contributed by atoms with E-state index in [1.807, 2.05) is 24.3 Å². The summed E-state index contributed by atoms with van der Waals surface area (Å²) >= 11 is 5.87. The van der Waals surface area contributed by atoms with Crippen LogP contribution in [0.4, 0.5) is 0 Å². The molecule has 0 saturated heterocycles. The number of nitrogens with zero attached hydrogens (tertiary/aromatic N) is 1. The third-order valence-corrected chi connectivity index (χ3v) is 2.28. The molecule has 0 saturated carbocycles. The molecule has 2 aromatic rings. The molecule has 0 radical (unpaired) electrons. The molecule has 0 amide bonds. The predicted molar refractivity (Wildman–Crippen MR) is 60.1 cm³/mol. The van der Waals surface area contributed by atoms with E-state index >= 15 is 0 Å². The van der Waals surface area contributed by atoms with E-state index in [1.165, 1.54) is 0 Å². The van der Waals surface area contributed by atoms with Gasteiger partial charge < -0.3 is 0 Å². The van der Waals surface area contributed by atoms with Crippen LogP contribution in [0.2, 0.25) is 5.02 Å². The standard InChI is InChI=1S/C12H8ClNO/c13-11-3-1-2-10(6-11)12-5-4-9(8-15)7-14-12/h1-8H. The molecule has 15 heavy (non-hydrogen) atoms. The molecule has 74 valence electrons. The summed E-state index contributed by atoms with van der Waals surface area (Å²) in [7, 11) is 0. The Balaban J connectivity index is 2.41. The molecule has 1 aromatic heterocycles. The monoisotopic (exact) mass is 217 g/mol. The van der Waals surface area contributed by atoms with Crippen molar-refractivity contribution in [1.82, 2.24) is 4.98 Å². The van der Waals surface area contributed by atoms with Gasteiger partial charge >= 0.3 is 0 Å². The van der Waals surface area contributed by atoms with Crippen molar-refractivity contribution in [3.05, 3.63) is 53.2 Å². The molecule has 0 spiro atoms. The number of halogens is 1. The van der Waals surface area contributed by atoms with Gasteiger partial charge in [0.25, 0.3) is 0 Å². The van der Waals surface area contributed by atoms with Gasteiger partial charge in [0.1, 0.15) is 0 Å². The quantitative estimate of drug-likeness (QED) is 0.723. The fourth-order valence-electron chi connectivity index (χ4n) is 1.29. The molecular formula is C12H8ClNO. The van der Waals surface area contributed by atoms with Crippen molar-refractivity contribution in [2.24, 2.45) is 0 Å². The minimum Gasteiger partial charge on any atom is -0.298 e. The summed E-state index contributed by atoms with van der Waals surface area (Å²) in [5, 5.41) is 0.675. The third kappa shape index (κ3) is 2.22. The minimum absolute atomic E-state index is 0.570. The number of pyridine rings is 1. The van der Waals surface area contributed by atoms with Crippen LogP contribution >= 0.6 is 11.6 Å². The highest BCUT2D eigenvalue weighted by Crippen LogP contribution is 2.20.